The van der Waals surface area contributed by atoms with Gasteiger partial charge in [0.1, 0.15) is 0 Å². The quantitative estimate of drug-likeness (QED) is 0.576. The molecule has 0 unspecified atom stereocenters. The van der Waals surface area contributed by atoms with Gasteiger partial charge in [0, 0.05) is 7.05 Å². The van der Waals surface area contributed by atoms with Crippen molar-refractivity contribution in [2.45, 2.75) is 12.8 Å². The minimum atomic E-state index is -0.687. The third kappa shape index (κ3) is 1.70. The maximum atomic E-state index is 10.4. The van der Waals surface area contributed by atoms with Gasteiger partial charge in [-0.3, -0.25) is 9.69 Å². The minimum absolute atomic E-state index is 0.167. The fourth-order valence-corrected chi connectivity index (χ4v) is 1.15. The van der Waals surface area contributed by atoms with Crippen LogP contribution >= 0.6 is 0 Å². The lowest BCUT2D eigenvalue weighted by molar-refractivity contribution is -0.143. The van der Waals surface area contributed by atoms with Crippen molar-refractivity contribution in [3.8, 4) is 0 Å². The van der Waals surface area contributed by atoms with Crippen molar-refractivity contribution in [3.63, 3.8) is 0 Å². The third-order valence-electron chi connectivity index (χ3n) is 1.88. The average Bonchev–Trinajstić information content (AvgIpc) is 1.88. The monoisotopic (exact) mass is 141 g/mol. The standard InChI is InChI=1S/C7H11NO2/c1-8-4-2-6(3-5-8)7(9)10/h1,6H,2-5H2,(H,9,10). The first-order valence-corrected chi connectivity index (χ1v) is 3.42. The summed E-state index contributed by atoms with van der Waals surface area (Å²) >= 11 is 0. The summed E-state index contributed by atoms with van der Waals surface area (Å²) in [5, 5.41) is 8.57. The van der Waals surface area contributed by atoms with Crippen molar-refractivity contribution >= 4 is 5.97 Å². The summed E-state index contributed by atoms with van der Waals surface area (Å²) in [6.45, 7) is 1.41. The molecule has 0 aromatic heterocycles. The van der Waals surface area contributed by atoms with Crippen molar-refractivity contribution in [2.24, 2.45) is 5.92 Å². The number of rotatable bonds is 1. The largest absolute Gasteiger partial charge is 0.481 e. The summed E-state index contributed by atoms with van der Waals surface area (Å²) in [6.07, 6.45) is 1.37. The molecule has 1 aliphatic rings. The number of carboxylic acids is 1. The molecule has 1 aliphatic heterocycles. The molecule has 0 aliphatic carbocycles. The number of hydrogen-bond acceptors (Lipinski definition) is 2. The lowest BCUT2D eigenvalue weighted by atomic mass is 9.98. The van der Waals surface area contributed by atoms with Crippen LogP contribution < -0.4 is 0 Å². The van der Waals surface area contributed by atoms with Crippen LogP contribution in [0, 0.1) is 13.0 Å². The number of aliphatic carboxylic acids is 1. The molecule has 1 saturated heterocycles. The number of carboxylic acid groups (broad SMARTS) is 1. The second kappa shape index (κ2) is 3.01. The van der Waals surface area contributed by atoms with E-state index in [-0.39, 0.29) is 5.92 Å². The van der Waals surface area contributed by atoms with Gasteiger partial charge in [-0.05, 0) is 25.9 Å². The molecule has 1 fully saturated rings. The number of piperidine rings is 1. The fraction of sp³-hybridized carbons (Fsp3) is 0.714. The Kier molecular flexibility index (Phi) is 2.27. The first-order chi connectivity index (χ1) is 4.70. The molecule has 10 heavy (non-hydrogen) atoms. The molecule has 0 bridgehead atoms. The highest BCUT2D eigenvalue weighted by molar-refractivity contribution is 5.70. The molecule has 0 aromatic carbocycles. The first kappa shape index (κ1) is 7.54. The highest BCUT2D eigenvalue weighted by Gasteiger charge is 2.22. The molecule has 0 amide bonds. The van der Waals surface area contributed by atoms with Crippen LogP contribution in [0.5, 0.6) is 0 Å². The molecular weight excluding hydrogens is 130 g/mol. The Morgan fingerprint density at radius 1 is 1.50 bits per heavy atom. The molecule has 0 atom stereocenters. The summed E-state index contributed by atoms with van der Waals surface area (Å²) in [5.74, 6) is -0.854. The number of hydrogen-bond donors (Lipinski definition) is 1. The van der Waals surface area contributed by atoms with Crippen molar-refractivity contribution in [3.05, 3.63) is 7.05 Å². The van der Waals surface area contributed by atoms with Gasteiger partial charge in [0.15, 0.2) is 0 Å². The van der Waals surface area contributed by atoms with Crippen LogP contribution in [0.1, 0.15) is 12.8 Å². The SMILES string of the molecule is [CH]N1CCC(C(=O)O)CC1. The van der Waals surface area contributed by atoms with E-state index in [1.807, 2.05) is 0 Å². The van der Waals surface area contributed by atoms with E-state index in [0.29, 0.717) is 25.9 Å². The summed E-state index contributed by atoms with van der Waals surface area (Å²) in [4.78, 5) is 12.1. The van der Waals surface area contributed by atoms with E-state index in [1.54, 1.807) is 4.90 Å². The number of likely N-dealkylation sites (tertiary alicyclic amines) is 1. The Morgan fingerprint density at radius 3 is 2.40 bits per heavy atom. The van der Waals surface area contributed by atoms with Gasteiger partial charge in [-0.15, -0.1) is 0 Å². The van der Waals surface area contributed by atoms with Crippen molar-refractivity contribution in [1.29, 1.82) is 0 Å². The van der Waals surface area contributed by atoms with E-state index >= 15 is 0 Å². The Bertz CT molecular complexity index is 128. The topological polar surface area (TPSA) is 40.5 Å². The van der Waals surface area contributed by atoms with E-state index in [0.717, 1.165) is 0 Å². The fourth-order valence-electron chi connectivity index (χ4n) is 1.15. The average molecular weight is 141 g/mol. The van der Waals surface area contributed by atoms with Crippen LogP contribution in [-0.2, 0) is 4.79 Å². The highest BCUT2D eigenvalue weighted by atomic mass is 16.4. The predicted molar refractivity (Wildman–Crippen MR) is 36.2 cm³/mol. The van der Waals surface area contributed by atoms with E-state index in [4.69, 9.17) is 12.2 Å². The molecule has 1 N–H and O–H groups in total. The lowest BCUT2D eigenvalue weighted by Crippen LogP contribution is -2.32. The molecular formula is C7H11NO2. The van der Waals surface area contributed by atoms with Crippen molar-refractivity contribution in [1.82, 2.24) is 4.90 Å². The first-order valence-electron chi connectivity index (χ1n) is 3.42. The Morgan fingerprint density at radius 2 is 2.00 bits per heavy atom. The Labute approximate surface area is 60.6 Å². The summed E-state index contributed by atoms with van der Waals surface area (Å²) in [5.41, 5.74) is 0. The second-order valence-corrected chi connectivity index (χ2v) is 2.65. The zero-order chi connectivity index (χ0) is 7.56. The maximum Gasteiger partial charge on any atom is 0.306 e. The zero-order valence-electron chi connectivity index (χ0n) is 5.79. The molecule has 3 nitrogen and oxygen atoms in total. The molecule has 0 saturated carbocycles. The van der Waals surface area contributed by atoms with Crippen LogP contribution in [0.15, 0.2) is 0 Å². The van der Waals surface area contributed by atoms with Crippen LogP contribution in [0.3, 0.4) is 0 Å². The number of carbonyl (C=O) groups is 1. The Balaban J connectivity index is 2.33. The van der Waals surface area contributed by atoms with E-state index in [2.05, 4.69) is 0 Å². The van der Waals surface area contributed by atoms with Crippen LogP contribution in [0.25, 0.3) is 0 Å². The van der Waals surface area contributed by atoms with E-state index in [9.17, 15) is 4.79 Å². The minimum Gasteiger partial charge on any atom is -0.481 e. The van der Waals surface area contributed by atoms with Gasteiger partial charge in [-0.2, -0.15) is 0 Å². The molecule has 3 heteroatoms. The maximum absolute atomic E-state index is 10.4. The molecule has 1 heterocycles. The lowest BCUT2D eigenvalue weighted by Gasteiger charge is -2.25. The van der Waals surface area contributed by atoms with Gasteiger partial charge in [0.25, 0.3) is 0 Å². The van der Waals surface area contributed by atoms with Crippen LogP contribution in [0.2, 0.25) is 0 Å². The smallest absolute Gasteiger partial charge is 0.306 e. The summed E-state index contributed by atoms with van der Waals surface area (Å²) in [6, 6.07) is 0. The van der Waals surface area contributed by atoms with E-state index < -0.39 is 5.97 Å². The van der Waals surface area contributed by atoms with Gasteiger partial charge in [-0.25, -0.2) is 0 Å². The van der Waals surface area contributed by atoms with Crippen molar-refractivity contribution < 1.29 is 9.90 Å². The van der Waals surface area contributed by atoms with Crippen molar-refractivity contribution in [2.75, 3.05) is 13.1 Å². The molecule has 2 radical (unpaired) electrons. The molecule has 0 aromatic rings. The van der Waals surface area contributed by atoms with Crippen LogP contribution in [0.4, 0.5) is 0 Å². The Hall–Kier alpha value is -0.570. The third-order valence-corrected chi connectivity index (χ3v) is 1.88. The van der Waals surface area contributed by atoms with Crippen LogP contribution in [-0.4, -0.2) is 29.1 Å². The molecule has 56 valence electrons. The van der Waals surface area contributed by atoms with Gasteiger partial charge < -0.3 is 5.11 Å². The summed E-state index contributed by atoms with van der Waals surface area (Å²) in [7, 11) is 5.44. The summed E-state index contributed by atoms with van der Waals surface area (Å²) < 4.78 is 0. The molecule has 1 rings (SSSR count). The van der Waals surface area contributed by atoms with Gasteiger partial charge in [0.05, 0.1) is 5.92 Å². The second-order valence-electron chi connectivity index (χ2n) is 2.65. The van der Waals surface area contributed by atoms with E-state index in [1.165, 1.54) is 0 Å². The number of nitrogens with zero attached hydrogens (tertiary/aromatic N) is 1. The highest BCUT2D eigenvalue weighted by Crippen LogP contribution is 2.15. The van der Waals surface area contributed by atoms with Gasteiger partial charge >= 0.3 is 5.97 Å². The predicted octanol–water partition coefficient (Wildman–Crippen LogP) is 0.452. The van der Waals surface area contributed by atoms with Gasteiger partial charge in [-0.1, -0.05) is 0 Å². The van der Waals surface area contributed by atoms with Gasteiger partial charge in [0.2, 0.25) is 0 Å². The zero-order valence-corrected chi connectivity index (χ0v) is 5.79. The molecule has 0 spiro atoms. The normalized spacial score (nSPS) is 22.9.